The van der Waals surface area contributed by atoms with Crippen LogP contribution in [-0.4, -0.2) is 9.38 Å². The van der Waals surface area contributed by atoms with E-state index < -0.39 is 0 Å². The summed E-state index contributed by atoms with van der Waals surface area (Å²) in [5.41, 5.74) is 7.02. The summed E-state index contributed by atoms with van der Waals surface area (Å²) < 4.78 is 2.09. The van der Waals surface area contributed by atoms with Crippen LogP contribution in [0.3, 0.4) is 0 Å². The first-order chi connectivity index (χ1) is 8.63. The van der Waals surface area contributed by atoms with E-state index >= 15 is 0 Å². The highest BCUT2D eigenvalue weighted by Crippen LogP contribution is 2.22. The van der Waals surface area contributed by atoms with Crippen LogP contribution >= 0.6 is 0 Å². The minimum atomic E-state index is 1.03. The van der Waals surface area contributed by atoms with Gasteiger partial charge in [0.2, 0.25) is 0 Å². The largest absolute Gasteiger partial charge is 0.306 e. The zero-order chi connectivity index (χ0) is 12.7. The van der Waals surface area contributed by atoms with Crippen LogP contribution in [-0.2, 0) is 0 Å². The fourth-order valence-electron chi connectivity index (χ4n) is 2.42. The Morgan fingerprint density at radius 2 is 1.72 bits per heavy atom. The number of benzene rings is 1. The summed E-state index contributed by atoms with van der Waals surface area (Å²) in [6.45, 7) is 6.34. The number of aryl methyl sites for hydroxylation is 3. The lowest BCUT2D eigenvalue weighted by Crippen LogP contribution is -1.84. The van der Waals surface area contributed by atoms with Crippen LogP contribution < -0.4 is 0 Å². The lowest BCUT2D eigenvalue weighted by Gasteiger charge is -2.01. The van der Waals surface area contributed by atoms with E-state index in [0.717, 1.165) is 11.3 Å². The standard InChI is InChI=1S/C16H16N2/c1-11-7-12(2)9-14(8-11)15-10-18-6-4-5-13(3)16(18)17-15/h4-10H,1-3H3. The van der Waals surface area contributed by atoms with Gasteiger partial charge in [-0.2, -0.15) is 0 Å². The first-order valence-electron chi connectivity index (χ1n) is 6.16. The maximum Gasteiger partial charge on any atom is 0.140 e. The van der Waals surface area contributed by atoms with E-state index in [2.05, 4.69) is 61.7 Å². The van der Waals surface area contributed by atoms with Crippen molar-refractivity contribution in [3.63, 3.8) is 0 Å². The van der Waals surface area contributed by atoms with Gasteiger partial charge in [0, 0.05) is 18.0 Å². The predicted octanol–water partition coefficient (Wildman–Crippen LogP) is 3.93. The van der Waals surface area contributed by atoms with Crippen molar-refractivity contribution < 1.29 is 0 Å². The van der Waals surface area contributed by atoms with E-state index in [1.54, 1.807) is 0 Å². The Bertz CT molecular complexity index is 703. The molecule has 18 heavy (non-hydrogen) atoms. The molecule has 0 saturated heterocycles. The van der Waals surface area contributed by atoms with Gasteiger partial charge < -0.3 is 4.40 Å². The highest BCUT2D eigenvalue weighted by atomic mass is 15.0. The molecule has 1 aromatic carbocycles. The number of aromatic nitrogens is 2. The van der Waals surface area contributed by atoms with Crippen LogP contribution in [0.15, 0.2) is 42.7 Å². The summed E-state index contributed by atoms with van der Waals surface area (Å²) in [5.74, 6) is 0. The zero-order valence-electron chi connectivity index (χ0n) is 10.9. The molecule has 90 valence electrons. The Morgan fingerprint density at radius 1 is 1.00 bits per heavy atom. The fourth-order valence-corrected chi connectivity index (χ4v) is 2.42. The van der Waals surface area contributed by atoms with Gasteiger partial charge in [-0.05, 0) is 44.5 Å². The molecule has 0 atom stereocenters. The van der Waals surface area contributed by atoms with Crippen LogP contribution in [0.25, 0.3) is 16.9 Å². The van der Waals surface area contributed by atoms with Gasteiger partial charge in [-0.25, -0.2) is 4.98 Å². The van der Waals surface area contributed by atoms with Crippen molar-refractivity contribution in [3.05, 3.63) is 59.4 Å². The average molecular weight is 236 g/mol. The van der Waals surface area contributed by atoms with Crippen LogP contribution in [0.1, 0.15) is 16.7 Å². The number of nitrogens with zero attached hydrogens (tertiary/aromatic N) is 2. The van der Waals surface area contributed by atoms with E-state index in [0.29, 0.717) is 0 Å². The minimum Gasteiger partial charge on any atom is -0.306 e. The Balaban J connectivity index is 2.22. The maximum atomic E-state index is 4.73. The molecule has 0 saturated carbocycles. The van der Waals surface area contributed by atoms with Gasteiger partial charge >= 0.3 is 0 Å². The number of pyridine rings is 1. The Kier molecular flexibility index (Phi) is 2.44. The maximum absolute atomic E-state index is 4.73. The summed E-state index contributed by atoms with van der Waals surface area (Å²) in [5, 5.41) is 0. The van der Waals surface area contributed by atoms with Gasteiger partial charge in [0.25, 0.3) is 0 Å². The molecule has 2 heteroatoms. The van der Waals surface area contributed by atoms with Gasteiger partial charge in [0.05, 0.1) is 5.69 Å². The molecule has 0 bridgehead atoms. The average Bonchev–Trinajstić information content (AvgIpc) is 2.73. The highest BCUT2D eigenvalue weighted by molar-refractivity contribution is 5.65. The van der Waals surface area contributed by atoms with Crippen molar-refractivity contribution in [2.24, 2.45) is 0 Å². The topological polar surface area (TPSA) is 17.3 Å². The molecule has 2 nitrogen and oxygen atoms in total. The number of fused-ring (bicyclic) bond motifs is 1. The van der Waals surface area contributed by atoms with E-state index in [-0.39, 0.29) is 0 Å². The van der Waals surface area contributed by atoms with Gasteiger partial charge in [-0.15, -0.1) is 0 Å². The highest BCUT2D eigenvalue weighted by Gasteiger charge is 2.06. The first kappa shape index (κ1) is 11.0. The minimum absolute atomic E-state index is 1.03. The van der Waals surface area contributed by atoms with Crippen LogP contribution in [0.5, 0.6) is 0 Å². The smallest absolute Gasteiger partial charge is 0.140 e. The molecule has 0 fully saturated rings. The zero-order valence-corrected chi connectivity index (χ0v) is 10.9. The summed E-state index contributed by atoms with van der Waals surface area (Å²) in [6, 6.07) is 10.7. The number of rotatable bonds is 1. The van der Waals surface area contributed by atoms with Crippen LogP contribution in [0, 0.1) is 20.8 Å². The Labute approximate surface area is 107 Å². The third-order valence-corrected chi connectivity index (χ3v) is 3.20. The molecule has 3 rings (SSSR count). The molecule has 2 aromatic heterocycles. The van der Waals surface area contributed by atoms with E-state index in [1.807, 2.05) is 6.20 Å². The Hall–Kier alpha value is -2.09. The lowest BCUT2D eigenvalue weighted by atomic mass is 10.1. The summed E-state index contributed by atoms with van der Waals surface area (Å²) in [7, 11) is 0. The second-order valence-corrected chi connectivity index (χ2v) is 4.92. The van der Waals surface area contributed by atoms with Gasteiger partial charge in [0.1, 0.15) is 5.65 Å². The van der Waals surface area contributed by atoms with Crippen molar-refractivity contribution >= 4 is 5.65 Å². The van der Waals surface area contributed by atoms with Crippen molar-refractivity contribution in [2.45, 2.75) is 20.8 Å². The normalized spacial score (nSPS) is 11.1. The summed E-state index contributed by atoms with van der Waals surface area (Å²) in [6.07, 6.45) is 4.14. The van der Waals surface area contributed by atoms with Crippen molar-refractivity contribution in [2.75, 3.05) is 0 Å². The van der Waals surface area contributed by atoms with Crippen LogP contribution in [0.2, 0.25) is 0 Å². The monoisotopic (exact) mass is 236 g/mol. The summed E-state index contributed by atoms with van der Waals surface area (Å²) >= 11 is 0. The van der Waals surface area contributed by atoms with E-state index in [1.165, 1.54) is 22.3 Å². The van der Waals surface area contributed by atoms with E-state index in [9.17, 15) is 0 Å². The molecule has 3 aromatic rings. The van der Waals surface area contributed by atoms with Crippen molar-refractivity contribution in [1.29, 1.82) is 0 Å². The molecule has 0 spiro atoms. The van der Waals surface area contributed by atoms with Crippen molar-refractivity contribution in [1.82, 2.24) is 9.38 Å². The van der Waals surface area contributed by atoms with Crippen molar-refractivity contribution in [3.8, 4) is 11.3 Å². The molecule has 0 aliphatic heterocycles. The van der Waals surface area contributed by atoms with E-state index in [4.69, 9.17) is 4.98 Å². The fraction of sp³-hybridized carbons (Fsp3) is 0.188. The molecule has 0 aliphatic rings. The molecule has 0 N–H and O–H groups in total. The molecular formula is C16H16N2. The molecule has 0 amide bonds. The van der Waals surface area contributed by atoms with Crippen LogP contribution in [0.4, 0.5) is 0 Å². The SMILES string of the molecule is Cc1cc(C)cc(-c2cn3cccc(C)c3n2)c1. The summed E-state index contributed by atoms with van der Waals surface area (Å²) in [4.78, 5) is 4.73. The second-order valence-electron chi connectivity index (χ2n) is 4.92. The molecule has 2 heterocycles. The first-order valence-corrected chi connectivity index (χ1v) is 6.16. The lowest BCUT2D eigenvalue weighted by molar-refractivity contribution is 1.16. The number of hydrogen-bond acceptors (Lipinski definition) is 1. The second kappa shape index (κ2) is 3.98. The van der Waals surface area contributed by atoms with Gasteiger partial charge in [0.15, 0.2) is 0 Å². The van der Waals surface area contributed by atoms with Gasteiger partial charge in [-0.3, -0.25) is 0 Å². The third-order valence-electron chi connectivity index (χ3n) is 3.20. The molecule has 0 radical (unpaired) electrons. The Morgan fingerprint density at radius 3 is 2.39 bits per heavy atom. The van der Waals surface area contributed by atoms with Gasteiger partial charge in [-0.1, -0.05) is 23.3 Å². The third kappa shape index (κ3) is 1.80. The number of imidazole rings is 1. The molecule has 0 unspecified atom stereocenters. The molecule has 0 aliphatic carbocycles. The molecular weight excluding hydrogens is 220 g/mol. The number of hydrogen-bond donors (Lipinski definition) is 0. The predicted molar refractivity (Wildman–Crippen MR) is 74.8 cm³/mol. The quantitative estimate of drug-likeness (QED) is 0.626.